The van der Waals surface area contributed by atoms with Gasteiger partial charge in [0.05, 0.1) is 16.0 Å². The Morgan fingerprint density at radius 3 is 2.41 bits per heavy atom. The third kappa shape index (κ3) is 6.40. The highest BCUT2D eigenvalue weighted by Crippen LogP contribution is 2.29. The fourth-order valence-corrected chi connectivity index (χ4v) is 5.34. The van der Waals surface area contributed by atoms with Crippen LogP contribution >= 0.6 is 15.9 Å². The number of sulfone groups is 1. The van der Waals surface area contributed by atoms with Gasteiger partial charge in [-0.25, -0.2) is 17.8 Å². The first-order chi connectivity index (χ1) is 18.5. The highest BCUT2D eigenvalue weighted by molar-refractivity contribution is 9.10. The van der Waals surface area contributed by atoms with E-state index in [0.29, 0.717) is 12.0 Å². The first-order valence-electron chi connectivity index (χ1n) is 11.8. The van der Waals surface area contributed by atoms with Gasteiger partial charge in [0.25, 0.3) is 11.8 Å². The first kappa shape index (κ1) is 28.1. The smallest absolute Gasteiger partial charge is 0.259 e. The highest BCUT2D eigenvalue weighted by atomic mass is 79.9. The summed E-state index contributed by atoms with van der Waals surface area (Å²) in [5, 5.41) is 5.20. The number of pyridine rings is 1. The van der Waals surface area contributed by atoms with Crippen molar-refractivity contribution < 1.29 is 27.2 Å². The van der Waals surface area contributed by atoms with E-state index < -0.39 is 33.4 Å². The minimum absolute atomic E-state index is 0.0285. The van der Waals surface area contributed by atoms with E-state index in [2.05, 4.69) is 31.5 Å². The van der Waals surface area contributed by atoms with Gasteiger partial charge in [0, 0.05) is 36.0 Å². The zero-order valence-electron chi connectivity index (χ0n) is 21.0. The maximum Gasteiger partial charge on any atom is 0.259 e. The SMILES string of the molecule is CC(=O)N1CCCC(C(=O)Nc2ccc(Br)cn2)=C1NC(=O)c1ccc(-c2ccccc2S(C)(=O)=O)cc1F. The molecule has 0 saturated heterocycles. The lowest BCUT2D eigenvalue weighted by Gasteiger charge is -2.31. The Hall–Kier alpha value is -3.90. The summed E-state index contributed by atoms with van der Waals surface area (Å²) in [6, 6.07) is 13.2. The van der Waals surface area contributed by atoms with Gasteiger partial charge in [-0.3, -0.25) is 19.3 Å². The number of hydrogen-bond acceptors (Lipinski definition) is 6. The van der Waals surface area contributed by atoms with Crippen molar-refractivity contribution in [2.45, 2.75) is 24.7 Å². The standard InChI is InChI=1S/C27H24BrFN4O5S/c1-16(34)33-13-5-7-21(27(36)31-24-12-10-18(28)15-30-24)25(33)32-26(35)20-11-9-17(14-22(20)29)19-6-3-4-8-23(19)39(2,37)38/h3-4,6,8-12,14-15H,5,7,13H2,1-2H3,(H,32,35)(H,30,31,36). The van der Waals surface area contributed by atoms with Gasteiger partial charge in [0.2, 0.25) is 5.91 Å². The molecule has 3 amide bonds. The minimum atomic E-state index is -3.58. The third-order valence-electron chi connectivity index (χ3n) is 6.03. The molecule has 0 unspecified atom stereocenters. The monoisotopic (exact) mass is 614 g/mol. The Morgan fingerprint density at radius 1 is 1.03 bits per heavy atom. The summed E-state index contributed by atoms with van der Waals surface area (Å²) in [5.74, 6) is -2.48. The number of anilines is 1. The summed E-state index contributed by atoms with van der Waals surface area (Å²) < 4.78 is 40.3. The molecule has 2 aromatic carbocycles. The third-order valence-corrected chi connectivity index (χ3v) is 7.65. The Balaban J connectivity index is 1.66. The average Bonchev–Trinajstić information content (AvgIpc) is 2.89. The molecule has 9 nitrogen and oxygen atoms in total. The molecule has 1 aliphatic rings. The maximum absolute atomic E-state index is 15.2. The van der Waals surface area contributed by atoms with Gasteiger partial charge in [0.1, 0.15) is 17.5 Å². The zero-order valence-corrected chi connectivity index (χ0v) is 23.4. The van der Waals surface area contributed by atoms with Crippen LogP contribution in [0, 0.1) is 5.82 Å². The molecule has 0 aliphatic carbocycles. The van der Waals surface area contributed by atoms with Crippen LogP contribution in [0.1, 0.15) is 30.1 Å². The molecule has 0 atom stereocenters. The molecular weight excluding hydrogens is 591 g/mol. The topological polar surface area (TPSA) is 126 Å². The Bertz CT molecular complexity index is 1610. The first-order valence-corrected chi connectivity index (χ1v) is 14.5. The van der Waals surface area contributed by atoms with E-state index in [1.165, 1.54) is 36.2 Å². The minimum Gasteiger partial charge on any atom is -0.307 e. The normalized spacial score (nSPS) is 13.7. The van der Waals surface area contributed by atoms with Crippen LogP contribution in [-0.4, -0.2) is 48.8 Å². The quantitative estimate of drug-likeness (QED) is 0.427. The number of hydrogen-bond donors (Lipinski definition) is 2. The van der Waals surface area contributed by atoms with Gasteiger partial charge in [-0.15, -0.1) is 0 Å². The van der Waals surface area contributed by atoms with Crippen LogP contribution in [-0.2, 0) is 19.4 Å². The van der Waals surface area contributed by atoms with Gasteiger partial charge < -0.3 is 10.6 Å². The molecule has 2 heterocycles. The summed E-state index contributed by atoms with van der Waals surface area (Å²) in [5.41, 5.74) is 0.374. The number of amides is 3. The zero-order chi connectivity index (χ0) is 28.3. The lowest BCUT2D eigenvalue weighted by atomic mass is 10.0. The van der Waals surface area contributed by atoms with Crippen molar-refractivity contribution in [2.24, 2.45) is 0 Å². The number of nitrogens with zero attached hydrogens (tertiary/aromatic N) is 2. The molecule has 0 fully saturated rings. The predicted molar refractivity (Wildman–Crippen MR) is 147 cm³/mol. The molecule has 12 heteroatoms. The van der Waals surface area contributed by atoms with Crippen LogP contribution in [0.15, 0.2) is 81.6 Å². The summed E-state index contributed by atoms with van der Waals surface area (Å²) in [7, 11) is -3.58. The van der Waals surface area contributed by atoms with Crippen LogP contribution in [0.5, 0.6) is 0 Å². The van der Waals surface area contributed by atoms with Crippen molar-refractivity contribution in [3.63, 3.8) is 0 Å². The van der Waals surface area contributed by atoms with Gasteiger partial charge in [-0.05, 0) is 64.7 Å². The van der Waals surface area contributed by atoms with E-state index in [-0.39, 0.29) is 46.2 Å². The fraction of sp³-hybridized carbons (Fsp3) is 0.185. The van der Waals surface area contributed by atoms with Gasteiger partial charge in [-0.2, -0.15) is 0 Å². The van der Waals surface area contributed by atoms with E-state index in [1.807, 2.05) is 0 Å². The molecule has 39 heavy (non-hydrogen) atoms. The second-order valence-electron chi connectivity index (χ2n) is 8.83. The molecule has 4 rings (SSSR count). The number of halogens is 2. The van der Waals surface area contributed by atoms with Crippen LogP contribution in [0.25, 0.3) is 11.1 Å². The molecule has 2 N–H and O–H groups in total. The molecule has 1 aromatic heterocycles. The van der Waals surface area contributed by atoms with Gasteiger partial charge >= 0.3 is 0 Å². The van der Waals surface area contributed by atoms with Crippen LogP contribution in [0.4, 0.5) is 10.2 Å². The Kier molecular flexibility index (Phi) is 8.26. The lowest BCUT2D eigenvalue weighted by Crippen LogP contribution is -2.43. The highest BCUT2D eigenvalue weighted by Gasteiger charge is 2.29. The number of benzene rings is 2. The molecule has 3 aromatic rings. The van der Waals surface area contributed by atoms with Crippen molar-refractivity contribution in [2.75, 3.05) is 18.1 Å². The second-order valence-corrected chi connectivity index (χ2v) is 11.7. The van der Waals surface area contributed by atoms with E-state index in [4.69, 9.17) is 0 Å². The molecule has 0 saturated carbocycles. The number of aromatic nitrogens is 1. The second kappa shape index (κ2) is 11.5. The summed E-state index contributed by atoms with van der Waals surface area (Å²) in [6.45, 7) is 1.57. The van der Waals surface area contributed by atoms with E-state index in [9.17, 15) is 22.8 Å². The van der Waals surface area contributed by atoms with E-state index in [0.717, 1.165) is 16.8 Å². The largest absolute Gasteiger partial charge is 0.307 e. The molecule has 0 radical (unpaired) electrons. The van der Waals surface area contributed by atoms with E-state index >= 15 is 4.39 Å². The Labute approximate surface area is 233 Å². The molecule has 0 bridgehead atoms. The summed E-state index contributed by atoms with van der Waals surface area (Å²) in [6.07, 6.45) is 3.32. The van der Waals surface area contributed by atoms with Crippen molar-refractivity contribution >= 4 is 49.3 Å². The number of carbonyl (C=O) groups is 3. The van der Waals surface area contributed by atoms with Crippen molar-refractivity contribution in [3.05, 3.63) is 88.0 Å². The average molecular weight is 615 g/mol. The maximum atomic E-state index is 15.2. The van der Waals surface area contributed by atoms with E-state index in [1.54, 1.807) is 30.3 Å². The predicted octanol–water partition coefficient (Wildman–Crippen LogP) is 4.28. The number of nitrogens with one attached hydrogen (secondary N) is 2. The van der Waals surface area contributed by atoms with Crippen LogP contribution in [0.3, 0.4) is 0 Å². The molecule has 202 valence electrons. The number of rotatable bonds is 6. The summed E-state index contributed by atoms with van der Waals surface area (Å²) in [4.78, 5) is 44.0. The van der Waals surface area contributed by atoms with Gasteiger partial charge in [-0.1, -0.05) is 24.3 Å². The van der Waals surface area contributed by atoms with Gasteiger partial charge in [0.15, 0.2) is 9.84 Å². The Morgan fingerprint density at radius 2 is 1.77 bits per heavy atom. The lowest BCUT2D eigenvalue weighted by molar-refractivity contribution is -0.127. The van der Waals surface area contributed by atoms with Crippen LogP contribution in [0.2, 0.25) is 0 Å². The van der Waals surface area contributed by atoms with Crippen molar-refractivity contribution in [3.8, 4) is 11.1 Å². The number of carbonyl (C=O) groups excluding carboxylic acids is 3. The fourth-order valence-electron chi connectivity index (χ4n) is 4.20. The molecular formula is C27H24BrFN4O5S. The van der Waals surface area contributed by atoms with Crippen molar-refractivity contribution in [1.82, 2.24) is 15.2 Å². The summed E-state index contributed by atoms with van der Waals surface area (Å²) >= 11 is 3.27. The molecule has 0 spiro atoms. The van der Waals surface area contributed by atoms with Crippen molar-refractivity contribution in [1.29, 1.82) is 0 Å². The molecule has 1 aliphatic heterocycles. The van der Waals surface area contributed by atoms with Crippen LogP contribution < -0.4 is 10.6 Å².